The molecule has 0 radical (unpaired) electrons. The molecule has 6 nitrogen and oxygen atoms in total. The summed E-state index contributed by atoms with van der Waals surface area (Å²) in [5.41, 5.74) is -2.71. The Morgan fingerprint density at radius 3 is 2.02 bits per heavy atom. The standard InChI is InChI=1S/C34H27F9N2O4S/c1-5-26-27(44-29(50-26)24-8-6-18(10-16(24)2)30(46)48-4)25-9-7-21(32(35,36)37)13-20(25)15-45-17(3)28(49-31(45)47)19-11-22(33(38,39)40)14-23(12-19)34(41,42)43/h6-14,17,28H,5,15H2,1-4H3/t17-,28-/m0/s1. The molecular weight excluding hydrogens is 703 g/mol. The summed E-state index contributed by atoms with van der Waals surface area (Å²) in [6.07, 6.45) is -17.4. The predicted molar refractivity (Wildman–Crippen MR) is 164 cm³/mol. The molecule has 0 spiro atoms. The molecule has 1 fully saturated rings. The van der Waals surface area contributed by atoms with Crippen LogP contribution in [0.5, 0.6) is 0 Å². The van der Waals surface area contributed by atoms with Crippen LogP contribution in [0.3, 0.4) is 0 Å². The van der Waals surface area contributed by atoms with Gasteiger partial charge in [0.05, 0.1) is 47.6 Å². The molecule has 266 valence electrons. The number of methoxy groups -OCH3 is 1. The SMILES string of the molecule is CCc1sc(-c2ccc(C(=O)OC)cc2C)nc1-c1ccc(C(F)(F)F)cc1CN1C(=O)O[C@H](c2cc(C(F)(F)F)cc(C(F)(F)F)c2)[C@@H]1C. The molecule has 3 aromatic carbocycles. The van der Waals surface area contributed by atoms with E-state index < -0.39 is 71.5 Å². The lowest BCUT2D eigenvalue weighted by Gasteiger charge is -2.24. The van der Waals surface area contributed by atoms with Gasteiger partial charge in [0.25, 0.3) is 0 Å². The van der Waals surface area contributed by atoms with Gasteiger partial charge in [-0.3, -0.25) is 4.90 Å². The van der Waals surface area contributed by atoms with E-state index in [1.165, 1.54) is 31.4 Å². The van der Waals surface area contributed by atoms with Crippen molar-refractivity contribution < 1.29 is 58.6 Å². The predicted octanol–water partition coefficient (Wildman–Crippen LogP) is 10.3. The fourth-order valence-corrected chi connectivity index (χ4v) is 6.79. The maximum absolute atomic E-state index is 13.9. The third-order valence-corrected chi connectivity index (χ3v) is 9.49. The molecule has 2 heterocycles. The lowest BCUT2D eigenvalue weighted by molar-refractivity contribution is -0.143. The van der Waals surface area contributed by atoms with Crippen molar-refractivity contribution in [1.29, 1.82) is 0 Å². The Kier molecular flexibility index (Phi) is 9.73. The summed E-state index contributed by atoms with van der Waals surface area (Å²) in [6.45, 7) is 4.34. The van der Waals surface area contributed by atoms with Gasteiger partial charge >= 0.3 is 30.6 Å². The van der Waals surface area contributed by atoms with Crippen LogP contribution in [-0.2, 0) is 41.0 Å². The molecule has 16 heteroatoms. The molecule has 0 aliphatic carbocycles. The van der Waals surface area contributed by atoms with Crippen LogP contribution in [0.1, 0.15) is 68.6 Å². The second-order valence-corrected chi connectivity index (χ2v) is 12.6. The number of nitrogens with zero attached hydrogens (tertiary/aromatic N) is 2. The molecule has 1 aromatic heterocycles. The largest absolute Gasteiger partial charge is 0.465 e. The van der Waals surface area contributed by atoms with Gasteiger partial charge in [-0.2, -0.15) is 39.5 Å². The summed E-state index contributed by atoms with van der Waals surface area (Å²) in [5.74, 6) is -0.547. The van der Waals surface area contributed by atoms with Gasteiger partial charge in [-0.15, -0.1) is 11.3 Å². The molecule has 1 amide bonds. The Morgan fingerprint density at radius 2 is 1.48 bits per heavy atom. The monoisotopic (exact) mass is 730 g/mol. The quantitative estimate of drug-likeness (QED) is 0.140. The molecule has 0 saturated carbocycles. The van der Waals surface area contributed by atoms with E-state index in [-0.39, 0.29) is 17.2 Å². The highest BCUT2D eigenvalue weighted by atomic mass is 32.1. The number of ether oxygens (including phenoxy) is 2. The van der Waals surface area contributed by atoms with Gasteiger partial charge in [0.1, 0.15) is 11.1 Å². The molecule has 1 saturated heterocycles. The minimum Gasteiger partial charge on any atom is -0.465 e. The number of thiazole rings is 1. The van der Waals surface area contributed by atoms with Gasteiger partial charge in [0.15, 0.2) is 0 Å². The molecule has 50 heavy (non-hydrogen) atoms. The van der Waals surface area contributed by atoms with E-state index in [1.807, 2.05) is 6.92 Å². The summed E-state index contributed by atoms with van der Waals surface area (Å²) in [5, 5.41) is 0.496. The number of hydrogen-bond donors (Lipinski definition) is 0. The van der Waals surface area contributed by atoms with Gasteiger partial charge in [0.2, 0.25) is 0 Å². The summed E-state index contributed by atoms with van der Waals surface area (Å²) >= 11 is 1.27. The van der Waals surface area contributed by atoms with Crippen molar-refractivity contribution in [2.45, 2.75) is 64.4 Å². The summed E-state index contributed by atoms with van der Waals surface area (Å²) in [7, 11) is 1.24. The third kappa shape index (κ3) is 7.30. The molecule has 2 atom stereocenters. The fourth-order valence-electron chi connectivity index (χ4n) is 5.68. The van der Waals surface area contributed by atoms with Crippen molar-refractivity contribution in [1.82, 2.24) is 9.88 Å². The van der Waals surface area contributed by atoms with Gasteiger partial charge in [-0.05, 0) is 79.4 Å². The zero-order valence-corrected chi connectivity index (χ0v) is 27.4. The Labute approximate surface area is 283 Å². The zero-order valence-electron chi connectivity index (χ0n) is 26.6. The van der Waals surface area contributed by atoms with Crippen molar-refractivity contribution >= 4 is 23.4 Å². The highest BCUT2D eigenvalue weighted by Crippen LogP contribution is 2.43. The number of alkyl halides is 9. The van der Waals surface area contributed by atoms with E-state index in [2.05, 4.69) is 0 Å². The number of cyclic esters (lactones) is 1. The van der Waals surface area contributed by atoms with E-state index in [0.717, 1.165) is 17.0 Å². The first kappa shape index (κ1) is 36.7. The highest BCUT2D eigenvalue weighted by Gasteiger charge is 2.44. The highest BCUT2D eigenvalue weighted by molar-refractivity contribution is 7.15. The van der Waals surface area contributed by atoms with Crippen LogP contribution in [-0.4, -0.2) is 35.1 Å². The smallest absolute Gasteiger partial charge is 0.416 e. The molecule has 0 unspecified atom stereocenters. The Morgan fingerprint density at radius 1 is 0.880 bits per heavy atom. The normalized spacial score (nSPS) is 16.9. The third-order valence-electron chi connectivity index (χ3n) is 8.26. The van der Waals surface area contributed by atoms with Crippen LogP contribution in [0, 0.1) is 6.92 Å². The molecule has 0 N–H and O–H groups in total. The van der Waals surface area contributed by atoms with Gasteiger partial charge in [-0.25, -0.2) is 14.6 Å². The number of aryl methyl sites for hydroxylation is 2. The van der Waals surface area contributed by atoms with Crippen LogP contribution in [0.15, 0.2) is 54.6 Å². The number of carbonyl (C=O) groups excluding carboxylic acids is 2. The van der Waals surface area contributed by atoms with E-state index in [0.29, 0.717) is 50.8 Å². The number of esters is 1. The number of aromatic nitrogens is 1. The molecule has 5 rings (SSSR count). The fraction of sp³-hybridized carbons (Fsp3) is 0.324. The number of rotatable bonds is 7. The maximum atomic E-state index is 13.9. The van der Waals surface area contributed by atoms with E-state index >= 15 is 0 Å². The van der Waals surface area contributed by atoms with Crippen molar-refractivity contribution in [2.24, 2.45) is 0 Å². The minimum absolute atomic E-state index is 0.0337. The van der Waals surface area contributed by atoms with Crippen molar-refractivity contribution in [3.05, 3.63) is 98.4 Å². The van der Waals surface area contributed by atoms with Crippen molar-refractivity contribution in [3.63, 3.8) is 0 Å². The Bertz CT molecular complexity index is 1920. The van der Waals surface area contributed by atoms with E-state index in [4.69, 9.17) is 14.5 Å². The van der Waals surface area contributed by atoms with Crippen LogP contribution >= 0.6 is 11.3 Å². The number of benzene rings is 3. The van der Waals surface area contributed by atoms with Crippen LogP contribution in [0.2, 0.25) is 0 Å². The second kappa shape index (κ2) is 13.3. The van der Waals surface area contributed by atoms with Crippen LogP contribution in [0.25, 0.3) is 21.8 Å². The first-order chi connectivity index (χ1) is 23.2. The second-order valence-electron chi connectivity index (χ2n) is 11.5. The number of hydrogen-bond acceptors (Lipinski definition) is 6. The number of halogens is 9. The molecule has 1 aliphatic rings. The van der Waals surface area contributed by atoms with Crippen molar-refractivity contribution in [3.8, 4) is 21.8 Å². The van der Waals surface area contributed by atoms with Crippen LogP contribution < -0.4 is 0 Å². The van der Waals surface area contributed by atoms with Gasteiger partial charge in [0, 0.05) is 16.0 Å². The lowest BCUT2D eigenvalue weighted by atomic mass is 9.96. The Balaban J connectivity index is 1.56. The first-order valence-corrected chi connectivity index (χ1v) is 15.7. The molecular formula is C34H27F9N2O4S. The number of carbonyl (C=O) groups is 2. The first-order valence-electron chi connectivity index (χ1n) is 14.9. The van der Waals surface area contributed by atoms with Crippen molar-refractivity contribution in [2.75, 3.05) is 7.11 Å². The Hall–Kier alpha value is -4.60. The topological polar surface area (TPSA) is 68.7 Å². The molecule has 4 aromatic rings. The van der Waals surface area contributed by atoms with Gasteiger partial charge < -0.3 is 9.47 Å². The summed E-state index contributed by atoms with van der Waals surface area (Å²) < 4.78 is 133. The lowest BCUT2D eigenvalue weighted by Crippen LogP contribution is -2.32. The van der Waals surface area contributed by atoms with E-state index in [9.17, 15) is 49.1 Å². The molecule has 0 bridgehead atoms. The van der Waals surface area contributed by atoms with Crippen LogP contribution in [0.4, 0.5) is 44.3 Å². The number of amides is 1. The van der Waals surface area contributed by atoms with E-state index in [1.54, 1.807) is 25.1 Å². The average Bonchev–Trinajstić information content (AvgIpc) is 3.59. The summed E-state index contributed by atoms with van der Waals surface area (Å²) in [6, 6.07) is 7.35. The zero-order chi connectivity index (χ0) is 36.9. The summed E-state index contributed by atoms with van der Waals surface area (Å²) in [4.78, 5) is 31.5. The maximum Gasteiger partial charge on any atom is 0.416 e. The minimum atomic E-state index is -5.15. The van der Waals surface area contributed by atoms with Gasteiger partial charge in [-0.1, -0.05) is 19.1 Å². The average molecular weight is 731 g/mol. The molecule has 1 aliphatic heterocycles.